The Kier molecular flexibility index (Phi) is 7.03. The summed E-state index contributed by atoms with van der Waals surface area (Å²) >= 11 is 0. The Labute approximate surface area is 148 Å². The molecule has 0 aromatic heterocycles. The van der Waals surface area contributed by atoms with Gasteiger partial charge in [-0.15, -0.1) is 0 Å². The molecule has 2 amide bonds. The fraction of sp³-hybridized carbons (Fsp3) is 0.867. The van der Waals surface area contributed by atoms with Crippen LogP contribution in [0.1, 0.15) is 25.7 Å². The van der Waals surface area contributed by atoms with Crippen molar-refractivity contribution in [2.75, 3.05) is 46.1 Å². The summed E-state index contributed by atoms with van der Waals surface area (Å²) in [7, 11) is -1.84. The van der Waals surface area contributed by atoms with Gasteiger partial charge >= 0.3 is 12.0 Å². The minimum absolute atomic E-state index is 0.0719. The molecule has 0 bridgehead atoms. The van der Waals surface area contributed by atoms with Crippen LogP contribution in [0.5, 0.6) is 0 Å². The van der Waals surface area contributed by atoms with Crippen LogP contribution in [0.4, 0.5) is 4.79 Å². The lowest BCUT2D eigenvalue weighted by Gasteiger charge is -2.36. The van der Waals surface area contributed by atoms with Crippen molar-refractivity contribution in [1.82, 2.24) is 14.5 Å². The number of amides is 2. The average molecular weight is 377 g/mol. The quantitative estimate of drug-likeness (QED) is 0.664. The van der Waals surface area contributed by atoms with Crippen LogP contribution in [0.15, 0.2) is 0 Å². The molecule has 0 spiro atoms. The second-order valence-electron chi connectivity index (χ2n) is 6.42. The van der Waals surface area contributed by atoms with E-state index >= 15 is 0 Å². The van der Waals surface area contributed by atoms with Gasteiger partial charge in [0.25, 0.3) is 0 Å². The minimum atomic E-state index is -3.12. The van der Waals surface area contributed by atoms with Gasteiger partial charge in [0, 0.05) is 26.2 Å². The molecule has 2 heterocycles. The number of likely N-dealkylation sites (tertiary alicyclic amines) is 1. The van der Waals surface area contributed by atoms with Crippen molar-refractivity contribution in [2.45, 2.75) is 37.9 Å². The summed E-state index contributed by atoms with van der Waals surface area (Å²) in [6.45, 7) is 2.00. The van der Waals surface area contributed by atoms with Gasteiger partial charge in [0.05, 0.1) is 25.6 Å². The summed E-state index contributed by atoms with van der Waals surface area (Å²) in [6.07, 6.45) is 4.26. The van der Waals surface area contributed by atoms with Crippen LogP contribution in [0.2, 0.25) is 0 Å². The topological polar surface area (TPSA) is 105 Å². The summed E-state index contributed by atoms with van der Waals surface area (Å²) in [6, 6.07) is -0.273. The molecule has 0 saturated carbocycles. The van der Waals surface area contributed by atoms with E-state index in [4.69, 9.17) is 4.74 Å². The molecule has 2 aliphatic rings. The number of rotatable bonds is 5. The summed E-state index contributed by atoms with van der Waals surface area (Å²) in [4.78, 5) is 24.7. The average Bonchev–Trinajstić information content (AvgIpc) is 2.59. The van der Waals surface area contributed by atoms with Crippen molar-refractivity contribution in [2.24, 2.45) is 0 Å². The van der Waals surface area contributed by atoms with Gasteiger partial charge in [0.1, 0.15) is 6.54 Å². The van der Waals surface area contributed by atoms with Crippen LogP contribution in [0.3, 0.4) is 0 Å². The molecule has 0 aromatic rings. The van der Waals surface area contributed by atoms with Gasteiger partial charge in [-0.1, -0.05) is 0 Å². The van der Waals surface area contributed by atoms with Gasteiger partial charge in [-0.25, -0.2) is 17.5 Å². The Hall–Kier alpha value is -1.39. The number of hydrogen-bond acceptors (Lipinski definition) is 6. The predicted molar refractivity (Wildman–Crippen MR) is 90.5 cm³/mol. The fourth-order valence-corrected chi connectivity index (χ4v) is 3.97. The van der Waals surface area contributed by atoms with Crippen molar-refractivity contribution in [3.63, 3.8) is 0 Å². The zero-order valence-corrected chi connectivity index (χ0v) is 15.6. The molecule has 10 heteroatoms. The lowest BCUT2D eigenvalue weighted by molar-refractivity contribution is -0.139. The molecule has 2 saturated heterocycles. The van der Waals surface area contributed by atoms with Crippen LogP contribution in [0.25, 0.3) is 0 Å². The van der Waals surface area contributed by atoms with Crippen LogP contribution in [-0.2, 0) is 24.3 Å². The molecular formula is C15H27N3O6S. The van der Waals surface area contributed by atoms with Gasteiger partial charge in [-0.05, 0) is 25.7 Å². The number of carbonyl (C=O) groups is 2. The third-order valence-electron chi connectivity index (χ3n) is 4.60. The van der Waals surface area contributed by atoms with E-state index in [9.17, 15) is 18.0 Å². The first-order valence-corrected chi connectivity index (χ1v) is 10.3. The number of hydrogen-bond donors (Lipinski definition) is 1. The number of urea groups is 1. The largest absolute Gasteiger partial charge is 0.468 e. The molecule has 1 N–H and O–H groups in total. The molecule has 2 rings (SSSR count). The molecule has 25 heavy (non-hydrogen) atoms. The molecular weight excluding hydrogens is 350 g/mol. The number of nitrogens with one attached hydrogen (secondary N) is 1. The highest BCUT2D eigenvalue weighted by Crippen LogP contribution is 2.22. The maximum atomic E-state index is 11.9. The normalized spacial score (nSPS) is 21.1. The van der Waals surface area contributed by atoms with Crippen LogP contribution in [-0.4, -0.2) is 87.9 Å². The van der Waals surface area contributed by atoms with E-state index in [1.165, 1.54) is 17.7 Å². The lowest BCUT2D eigenvalue weighted by atomic mass is 10.1. The molecule has 144 valence electrons. The second-order valence-corrected chi connectivity index (χ2v) is 8.40. The van der Waals surface area contributed by atoms with Gasteiger partial charge in [0.15, 0.2) is 0 Å². The van der Waals surface area contributed by atoms with Crippen molar-refractivity contribution in [3.05, 3.63) is 0 Å². The van der Waals surface area contributed by atoms with Crippen molar-refractivity contribution in [3.8, 4) is 0 Å². The monoisotopic (exact) mass is 377 g/mol. The van der Waals surface area contributed by atoms with Crippen molar-refractivity contribution < 1.29 is 27.5 Å². The number of nitrogens with zero attached hydrogens (tertiary/aromatic N) is 2. The Balaban J connectivity index is 1.67. The fourth-order valence-electron chi connectivity index (χ4n) is 3.10. The third-order valence-corrected chi connectivity index (χ3v) is 5.90. The van der Waals surface area contributed by atoms with E-state index in [-0.39, 0.29) is 24.8 Å². The van der Waals surface area contributed by atoms with Crippen LogP contribution >= 0.6 is 0 Å². The molecule has 0 atom stereocenters. The van der Waals surface area contributed by atoms with E-state index < -0.39 is 16.0 Å². The Morgan fingerprint density at radius 3 is 2.04 bits per heavy atom. The first-order valence-electron chi connectivity index (χ1n) is 8.49. The number of sulfonamides is 1. The number of ether oxygens (including phenoxy) is 2. The van der Waals surface area contributed by atoms with Gasteiger partial charge in [-0.2, -0.15) is 0 Å². The summed E-state index contributed by atoms with van der Waals surface area (Å²) in [5, 5.41) is 2.53. The van der Waals surface area contributed by atoms with E-state index in [0.29, 0.717) is 39.0 Å². The highest BCUT2D eigenvalue weighted by Gasteiger charge is 2.29. The van der Waals surface area contributed by atoms with Crippen LogP contribution < -0.4 is 5.32 Å². The Morgan fingerprint density at radius 2 is 1.56 bits per heavy atom. The molecule has 0 unspecified atom stereocenters. The van der Waals surface area contributed by atoms with E-state index in [0.717, 1.165) is 12.8 Å². The minimum Gasteiger partial charge on any atom is -0.468 e. The molecule has 0 radical (unpaired) electrons. The third kappa shape index (κ3) is 6.12. The van der Waals surface area contributed by atoms with Gasteiger partial charge < -0.3 is 19.7 Å². The van der Waals surface area contributed by atoms with E-state index in [2.05, 4.69) is 10.1 Å². The van der Waals surface area contributed by atoms with Gasteiger partial charge in [-0.3, -0.25) is 4.79 Å². The maximum absolute atomic E-state index is 11.9. The Bertz CT molecular complexity index is 566. The molecule has 0 aromatic carbocycles. The Morgan fingerprint density at radius 1 is 1.04 bits per heavy atom. The van der Waals surface area contributed by atoms with Crippen molar-refractivity contribution >= 4 is 22.0 Å². The first-order chi connectivity index (χ1) is 11.8. The lowest BCUT2D eigenvalue weighted by Crippen LogP contribution is -2.48. The van der Waals surface area contributed by atoms with Crippen molar-refractivity contribution in [1.29, 1.82) is 0 Å². The number of carbonyl (C=O) groups excluding carboxylic acids is 2. The predicted octanol–water partition coefficient (Wildman–Crippen LogP) is -0.226. The standard InChI is InChI=1S/C15H27N3O6S/c1-23-14(19)11-16-15(20)17-7-3-12(4-8-17)24-13-5-9-18(10-6-13)25(2,21)22/h12-13H,3-11H2,1-2H3,(H,16,20). The van der Waals surface area contributed by atoms with Gasteiger partial charge in [0.2, 0.25) is 10.0 Å². The number of piperidine rings is 2. The smallest absolute Gasteiger partial charge is 0.325 e. The zero-order chi connectivity index (χ0) is 18.4. The maximum Gasteiger partial charge on any atom is 0.325 e. The highest BCUT2D eigenvalue weighted by molar-refractivity contribution is 7.88. The molecule has 2 fully saturated rings. The summed E-state index contributed by atoms with van der Waals surface area (Å²) in [5.41, 5.74) is 0. The highest BCUT2D eigenvalue weighted by atomic mass is 32.2. The zero-order valence-electron chi connectivity index (χ0n) is 14.8. The number of methoxy groups -OCH3 is 1. The molecule has 9 nitrogen and oxygen atoms in total. The number of esters is 1. The first kappa shape index (κ1) is 19.9. The molecule has 2 aliphatic heterocycles. The molecule has 0 aliphatic carbocycles. The summed E-state index contributed by atoms with van der Waals surface area (Å²) < 4.78 is 35.1. The second kappa shape index (κ2) is 8.81. The summed E-state index contributed by atoms with van der Waals surface area (Å²) in [5.74, 6) is -0.480. The van der Waals surface area contributed by atoms with E-state index in [1.807, 2.05) is 0 Å². The van der Waals surface area contributed by atoms with E-state index in [1.54, 1.807) is 4.90 Å². The SMILES string of the molecule is COC(=O)CNC(=O)N1CCC(OC2CCN(S(C)(=O)=O)CC2)CC1. The van der Waals surface area contributed by atoms with Crippen LogP contribution in [0, 0.1) is 0 Å².